The number of hydrogen-bond acceptors (Lipinski definition) is 4. The molecular formula is C17H19N5O2. The van der Waals surface area contributed by atoms with Crippen molar-refractivity contribution in [2.24, 2.45) is 5.92 Å². The number of H-pyrrole nitrogens is 1. The molecule has 24 heavy (non-hydrogen) atoms. The maximum absolute atomic E-state index is 11.7. The molecule has 0 aromatic carbocycles. The van der Waals surface area contributed by atoms with E-state index < -0.39 is 6.09 Å². The summed E-state index contributed by atoms with van der Waals surface area (Å²) in [7, 11) is 0. The minimum absolute atomic E-state index is 0.417. The van der Waals surface area contributed by atoms with Crippen molar-refractivity contribution in [3.05, 3.63) is 37.1 Å². The van der Waals surface area contributed by atoms with E-state index in [1.54, 1.807) is 12.5 Å². The molecule has 0 atom stereocenters. The van der Waals surface area contributed by atoms with Crippen LogP contribution < -0.4 is 5.32 Å². The number of rotatable bonds is 6. The number of fused-ring (bicyclic) bond motifs is 3. The third-order valence-corrected chi connectivity index (χ3v) is 4.24. The maximum atomic E-state index is 11.7. The van der Waals surface area contributed by atoms with Crippen molar-refractivity contribution in [1.82, 2.24) is 24.8 Å². The van der Waals surface area contributed by atoms with E-state index in [4.69, 9.17) is 4.74 Å². The monoisotopic (exact) mass is 325 g/mol. The van der Waals surface area contributed by atoms with Crippen LogP contribution in [0.3, 0.4) is 0 Å². The number of aromatic amines is 1. The van der Waals surface area contributed by atoms with Crippen LogP contribution in [-0.4, -0.2) is 32.2 Å². The molecule has 2 N–H and O–H groups in total. The topological polar surface area (TPSA) is 84.8 Å². The molecule has 1 saturated carbocycles. The molecule has 7 nitrogen and oxygen atoms in total. The van der Waals surface area contributed by atoms with Gasteiger partial charge in [-0.05, 0) is 24.8 Å². The number of nitrogens with zero attached hydrogens (tertiary/aromatic N) is 3. The predicted octanol–water partition coefficient (Wildman–Crippen LogP) is 2.95. The molecule has 4 rings (SSSR count). The van der Waals surface area contributed by atoms with Crippen LogP contribution in [0.5, 0.6) is 0 Å². The van der Waals surface area contributed by atoms with Crippen LogP contribution in [-0.2, 0) is 11.3 Å². The van der Waals surface area contributed by atoms with Gasteiger partial charge < -0.3 is 14.3 Å². The van der Waals surface area contributed by atoms with Gasteiger partial charge in [-0.1, -0.05) is 6.58 Å². The summed E-state index contributed by atoms with van der Waals surface area (Å²) in [6.45, 7) is 5.08. The minimum Gasteiger partial charge on any atom is -0.449 e. The summed E-state index contributed by atoms with van der Waals surface area (Å²) in [4.78, 5) is 23.5. The second kappa shape index (κ2) is 5.99. The van der Waals surface area contributed by atoms with E-state index in [-0.39, 0.29) is 0 Å². The molecular weight excluding hydrogens is 306 g/mol. The highest BCUT2D eigenvalue weighted by Gasteiger charge is 2.23. The lowest BCUT2D eigenvalue weighted by Gasteiger charge is -2.10. The first kappa shape index (κ1) is 14.7. The largest absolute Gasteiger partial charge is 0.449 e. The third kappa shape index (κ3) is 2.97. The Morgan fingerprint density at radius 3 is 3.17 bits per heavy atom. The van der Waals surface area contributed by atoms with E-state index in [2.05, 4.69) is 31.4 Å². The van der Waals surface area contributed by atoms with Crippen LogP contribution in [0.2, 0.25) is 0 Å². The van der Waals surface area contributed by atoms with Gasteiger partial charge in [0.2, 0.25) is 0 Å². The van der Waals surface area contributed by atoms with E-state index in [0.717, 1.165) is 34.9 Å². The number of carbonyl (C=O) groups excluding carboxylic acids is 1. The van der Waals surface area contributed by atoms with E-state index in [9.17, 15) is 4.79 Å². The first-order valence-electron chi connectivity index (χ1n) is 8.09. The molecule has 1 fully saturated rings. The first-order valence-corrected chi connectivity index (χ1v) is 8.09. The van der Waals surface area contributed by atoms with Crippen LogP contribution in [0.1, 0.15) is 19.3 Å². The molecule has 1 amide bonds. The van der Waals surface area contributed by atoms with Crippen molar-refractivity contribution in [3.63, 3.8) is 0 Å². The van der Waals surface area contributed by atoms with Gasteiger partial charge in [0.1, 0.15) is 11.2 Å². The Morgan fingerprint density at radius 1 is 1.46 bits per heavy atom. The number of aromatic nitrogens is 4. The van der Waals surface area contributed by atoms with Crippen molar-refractivity contribution in [2.45, 2.75) is 25.8 Å². The Balaban J connectivity index is 1.40. The standard InChI is InChI=1S/C17H19N5O2/c1-11(21-17(23)24-9-12-2-3-12)5-7-22-10-20-14-8-19-16-13(15(14)22)4-6-18-16/h4,6,8,10,12H,1-3,5,7,9H2,(H,18,19)(H,21,23). The average Bonchev–Trinajstić information content (AvgIpc) is 3.11. The molecule has 0 saturated heterocycles. The molecule has 0 aliphatic heterocycles. The average molecular weight is 325 g/mol. The van der Waals surface area contributed by atoms with Gasteiger partial charge in [-0.15, -0.1) is 0 Å². The van der Waals surface area contributed by atoms with E-state index in [0.29, 0.717) is 31.2 Å². The molecule has 1 aliphatic rings. The van der Waals surface area contributed by atoms with Crippen molar-refractivity contribution < 1.29 is 9.53 Å². The molecule has 3 heterocycles. The van der Waals surface area contributed by atoms with Gasteiger partial charge in [-0.3, -0.25) is 5.32 Å². The van der Waals surface area contributed by atoms with Crippen LogP contribution >= 0.6 is 0 Å². The number of carbonyl (C=O) groups is 1. The maximum Gasteiger partial charge on any atom is 0.411 e. The molecule has 7 heteroatoms. The molecule has 0 unspecified atom stereocenters. The van der Waals surface area contributed by atoms with Gasteiger partial charge in [-0.25, -0.2) is 14.8 Å². The van der Waals surface area contributed by atoms with Crippen molar-refractivity contribution in [3.8, 4) is 0 Å². The zero-order valence-corrected chi connectivity index (χ0v) is 13.3. The number of aryl methyl sites for hydroxylation is 1. The van der Waals surface area contributed by atoms with Crippen molar-refractivity contribution >= 4 is 28.2 Å². The number of allylic oxidation sites excluding steroid dienone is 1. The first-order chi connectivity index (χ1) is 11.7. The SMILES string of the molecule is C=C(CCn1cnc2cnc3[nH]ccc3c21)NC(=O)OCC1CC1. The van der Waals surface area contributed by atoms with Gasteiger partial charge in [0.05, 0.1) is 24.6 Å². The lowest BCUT2D eigenvalue weighted by atomic mass is 10.2. The molecule has 3 aromatic rings. The highest BCUT2D eigenvalue weighted by atomic mass is 16.5. The van der Waals surface area contributed by atoms with Gasteiger partial charge in [-0.2, -0.15) is 0 Å². The number of pyridine rings is 1. The Kier molecular flexibility index (Phi) is 3.68. The number of alkyl carbamates (subject to hydrolysis) is 1. The fourth-order valence-electron chi connectivity index (χ4n) is 2.72. The van der Waals surface area contributed by atoms with E-state index >= 15 is 0 Å². The number of ether oxygens (including phenoxy) is 1. The van der Waals surface area contributed by atoms with Crippen LogP contribution in [0.25, 0.3) is 22.1 Å². The second-order valence-corrected chi connectivity index (χ2v) is 6.19. The zero-order chi connectivity index (χ0) is 16.5. The molecule has 124 valence electrons. The number of amides is 1. The summed E-state index contributed by atoms with van der Waals surface area (Å²) in [6, 6.07) is 1.99. The number of nitrogens with one attached hydrogen (secondary N) is 2. The molecule has 0 radical (unpaired) electrons. The second-order valence-electron chi connectivity index (χ2n) is 6.19. The summed E-state index contributed by atoms with van der Waals surface area (Å²) in [6.07, 6.45) is 7.92. The third-order valence-electron chi connectivity index (χ3n) is 4.24. The molecule has 0 bridgehead atoms. The highest BCUT2D eigenvalue weighted by molar-refractivity contribution is 6.00. The van der Waals surface area contributed by atoms with E-state index in [1.807, 2.05) is 12.3 Å². The molecule has 3 aromatic heterocycles. The summed E-state index contributed by atoms with van der Waals surface area (Å²) in [5.74, 6) is 0.554. The summed E-state index contributed by atoms with van der Waals surface area (Å²) in [5, 5.41) is 3.73. The zero-order valence-electron chi connectivity index (χ0n) is 13.3. The lowest BCUT2D eigenvalue weighted by molar-refractivity contribution is 0.143. The van der Waals surface area contributed by atoms with Crippen LogP contribution in [0.4, 0.5) is 4.79 Å². The lowest BCUT2D eigenvalue weighted by Crippen LogP contribution is -2.24. The van der Waals surface area contributed by atoms with Crippen LogP contribution in [0.15, 0.2) is 37.1 Å². The van der Waals surface area contributed by atoms with E-state index in [1.165, 1.54) is 0 Å². The fraction of sp³-hybridized carbons (Fsp3) is 0.353. The van der Waals surface area contributed by atoms with Crippen molar-refractivity contribution in [1.29, 1.82) is 0 Å². The van der Waals surface area contributed by atoms with Gasteiger partial charge in [0.15, 0.2) is 0 Å². The number of imidazole rings is 1. The van der Waals surface area contributed by atoms with Gasteiger partial charge in [0, 0.05) is 30.2 Å². The molecule has 1 aliphatic carbocycles. The molecule has 0 spiro atoms. The normalized spacial score (nSPS) is 14.2. The quantitative estimate of drug-likeness (QED) is 0.730. The van der Waals surface area contributed by atoms with Gasteiger partial charge >= 0.3 is 6.09 Å². The smallest absolute Gasteiger partial charge is 0.411 e. The van der Waals surface area contributed by atoms with Crippen molar-refractivity contribution in [2.75, 3.05) is 6.61 Å². The predicted molar refractivity (Wildman–Crippen MR) is 90.3 cm³/mol. The summed E-state index contributed by atoms with van der Waals surface area (Å²) >= 11 is 0. The fourth-order valence-corrected chi connectivity index (χ4v) is 2.72. The minimum atomic E-state index is -0.417. The van der Waals surface area contributed by atoms with Gasteiger partial charge in [0.25, 0.3) is 0 Å². The Hall–Kier alpha value is -2.83. The number of hydrogen-bond donors (Lipinski definition) is 2. The summed E-state index contributed by atoms with van der Waals surface area (Å²) in [5.41, 5.74) is 3.36. The Bertz CT molecular complexity index is 906. The summed E-state index contributed by atoms with van der Waals surface area (Å²) < 4.78 is 7.20. The van der Waals surface area contributed by atoms with Crippen LogP contribution in [0, 0.1) is 5.92 Å². The Labute approximate surface area is 138 Å². The Morgan fingerprint density at radius 2 is 2.33 bits per heavy atom. The highest BCUT2D eigenvalue weighted by Crippen LogP contribution is 2.28.